The van der Waals surface area contributed by atoms with Gasteiger partial charge in [-0.3, -0.25) is 9.59 Å². The van der Waals surface area contributed by atoms with Gasteiger partial charge in [0.2, 0.25) is 12.3 Å². The van der Waals surface area contributed by atoms with Gasteiger partial charge in [-0.25, -0.2) is 18.2 Å². The second-order valence-corrected chi connectivity index (χ2v) is 8.78. The molecule has 1 fully saturated rings. The number of nitrogens with one attached hydrogen (secondary N) is 3. The van der Waals surface area contributed by atoms with E-state index in [4.69, 9.17) is 4.74 Å². The van der Waals surface area contributed by atoms with Gasteiger partial charge in [0.15, 0.2) is 5.82 Å². The van der Waals surface area contributed by atoms with Gasteiger partial charge in [-0.2, -0.15) is 0 Å². The molecule has 2 aliphatic heterocycles. The second kappa shape index (κ2) is 9.92. The van der Waals surface area contributed by atoms with E-state index in [-0.39, 0.29) is 42.5 Å². The van der Waals surface area contributed by atoms with Crippen molar-refractivity contribution in [3.8, 4) is 5.75 Å². The zero-order valence-electron chi connectivity index (χ0n) is 19.1. The standard InChI is InChI=1S/C25H24F3N5O3/c26-17-3-1-2-15(10-17)22(16-11-20(34)29-12-16)36-18-6-4-14(5-7-18)23-32-21-24(30-13-31-25(21)35)33(23)9-8-19(27)28/h1-7,10,13,16,19,22-23,32H,8-9,11-12H2,(H,29,34)(H,30,31,35). The third-order valence-electron chi connectivity index (χ3n) is 6.36. The summed E-state index contributed by atoms with van der Waals surface area (Å²) in [5.74, 6) is 0.160. The number of fused-ring (bicyclic) bond motifs is 1. The monoisotopic (exact) mass is 499 g/mol. The lowest BCUT2D eigenvalue weighted by Gasteiger charge is -2.27. The van der Waals surface area contributed by atoms with Gasteiger partial charge in [0.05, 0.1) is 6.33 Å². The van der Waals surface area contributed by atoms with Crippen LogP contribution in [0.2, 0.25) is 0 Å². The summed E-state index contributed by atoms with van der Waals surface area (Å²) in [5.41, 5.74) is 1.18. The van der Waals surface area contributed by atoms with Gasteiger partial charge in [-0.1, -0.05) is 24.3 Å². The molecule has 11 heteroatoms. The third-order valence-corrected chi connectivity index (χ3v) is 6.36. The van der Waals surface area contributed by atoms with Crippen LogP contribution in [0.4, 0.5) is 24.7 Å². The van der Waals surface area contributed by atoms with Crippen LogP contribution < -0.4 is 25.8 Å². The molecule has 3 heterocycles. The number of halogens is 3. The normalized spacial score (nSPS) is 19.7. The molecule has 0 saturated carbocycles. The molecule has 3 N–H and O–H groups in total. The maximum Gasteiger partial charge on any atom is 0.276 e. The molecular weight excluding hydrogens is 475 g/mol. The molecule has 0 aliphatic carbocycles. The molecule has 2 aromatic carbocycles. The van der Waals surface area contributed by atoms with E-state index in [1.165, 1.54) is 18.5 Å². The zero-order valence-corrected chi connectivity index (χ0v) is 19.1. The number of H-pyrrole nitrogens is 1. The third kappa shape index (κ3) is 4.86. The minimum absolute atomic E-state index is 0.00138. The first-order valence-corrected chi connectivity index (χ1v) is 11.6. The number of aromatic amines is 1. The maximum absolute atomic E-state index is 13.9. The molecule has 2 aliphatic rings. The van der Waals surface area contributed by atoms with Crippen molar-refractivity contribution >= 4 is 17.4 Å². The Labute approximate surface area is 204 Å². The number of ether oxygens (including phenoxy) is 1. The van der Waals surface area contributed by atoms with Crippen LogP contribution in [0.25, 0.3) is 0 Å². The van der Waals surface area contributed by atoms with Crippen LogP contribution in [0.1, 0.15) is 36.2 Å². The number of nitrogens with zero attached hydrogens (tertiary/aromatic N) is 2. The smallest absolute Gasteiger partial charge is 0.276 e. The van der Waals surface area contributed by atoms with Crippen LogP contribution in [0.5, 0.6) is 5.75 Å². The lowest BCUT2D eigenvalue weighted by atomic mass is 9.94. The van der Waals surface area contributed by atoms with E-state index in [9.17, 15) is 22.8 Å². The Morgan fingerprint density at radius 3 is 2.64 bits per heavy atom. The zero-order chi connectivity index (χ0) is 25.2. The van der Waals surface area contributed by atoms with E-state index < -0.39 is 24.5 Å². The lowest BCUT2D eigenvalue weighted by molar-refractivity contribution is -0.119. The molecule has 188 valence electrons. The number of alkyl halides is 2. The molecule has 1 amide bonds. The minimum Gasteiger partial charge on any atom is -0.485 e. The summed E-state index contributed by atoms with van der Waals surface area (Å²) in [4.78, 5) is 32.4. The summed E-state index contributed by atoms with van der Waals surface area (Å²) in [7, 11) is 0. The fraction of sp³-hybridized carbons (Fsp3) is 0.320. The molecule has 1 saturated heterocycles. The predicted octanol–water partition coefficient (Wildman–Crippen LogP) is 3.75. The molecular formula is C25H24F3N5O3. The summed E-state index contributed by atoms with van der Waals surface area (Å²) in [6, 6.07) is 13.1. The number of carbonyl (C=O) groups excluding carboxylic acids is 1. The van der Waals surface area contributed by atoms with Crippen molar-refractivity contribution in [3.05, 3.63) is 82.2 Å². The predicted molar refractivity (Wildman–Crippen MR) is 127 cm³/mol. The van der Waals surface area contributed by atoms with Crippen LogP contribution >= 0.6 is 0 Å². The first-order valence-electron chi connectivity index (χ1n) is 11.6. The number of aromatic nitrogens is 2. The molecule has 3 unspecified atom stereocenters. The van der Waals surface area contributed by atoms with Crippen molar-refractivity contribution in [2.75, 3.05) is 23.3 Å². The van der Waals surface area contributed by atoms with Crippen LogP contribution in [0.3, 0.4) is 0 Å². The number of anilines is 2. The molecule has 36 heavy (non-hydrogen) atoms. The number of hydrogen-bond acceptors (Lipinski definition) is 6. The van der Waals surface area contributed by atoms with Crippen molar-refractivity contribution < 1.29 is 22.7 Å². The van der Waals surface area contributed by atoms with Crippen LogP contribution in [0, 0.1) is 11.7 Å². The molecule has 8 nitrogen and oxygen atoms in total. The first kappa shape index (κ1) is 23.7. The summed E-state index contributed by atoms with van der Waals surface area (Å²) in [6.45, 7) is 0.421. The van der Waals surface area contributed by atoms with Crippen molar-refractivity contribution in [2.24, 2.45) is 5.92 Å². The average Bonchev–Trinajstić information content (AvgIpc) is 3.46. The Morgan fingerprint density at radius 2 is 1.94 bits per heavy atom. The highest BCUT2D eigenvalue weighted by Crippen LogP contribution is 2.38. The highest BCUT2D eigenvalue weighted by atomic mass is 19.3. The molecule has 3 aromatic rings. The summed E-state index contributed by atoms with van der Waals surface area (Å²) >= 11 is 0. The summed E-state index contributed by atoms with van der Waals surface area (Å²) in [5, 5.41) is 5.87. The highest BCUT2D eigenvalue weighted by Gasteiger charge is 2.34. The number of benzene rings is 2. The molecule has 5 rings (SSSR count). The fourth-order valence-electron chi connectivity index (χ4n) is 4.65. The Morgan fingerprint density at radius 1 is 1.14 bits per heavy atom. The molecule has 0 bridgehead atoms. The van der Waals surface area contributed by atoms with Gasteiger partial charge in [0, 0.05) is 31.8 Å². The van der Waals surface area contributed by atoms with E-state index in [1.54, 1.807) is 41.3 Å². The Hall–Kier alpha value is -4.02. The van der Waals surface area contributed by atoms with Gasteiger partial charge < -0.3 is 25.3 Å². The van der Waals surface area contributed by atoms with Crippen LogP contribution in [-0.2, 0) is 4.79 Å². The second-order valence-electron chi connectivity index (χ2n) is 8.78. The molecule has 0 spiro atoms. The number of amides is 1. The highest BCUT2D eigenvalue weighted by molar-refractivity contribution is 5.78. The fourth-order valence-corrected chi connectivity index (χ4v) is 4.65. The van der Waals surface area contributed by atoms with Gasteiger partial charge in [-0.15, -0.1) is 0 Å². The van der Waals surface area contributed by atoms with Crippen LogP contribution in [0.15, 0.2) is 59.7 Å². The maximum atomic E-state index is 13.9. The van der Waals surface area contributed by atoms with Crippen molar-refractivity contribution in [1.29, 1.82) is 0 Å². The average molecular weight is 499 g/mol. The van der Waals surface area contributed by atoms with Gasteiger partial charge in [0.25, 0.3) is 5.56 Å². The molecule has 0 radical (unpaired) electrons. The van der Waals surface area contributed by atoms with Crippen molar-refractivity contribution in [2.45, 2.75) is 31.5 Å². The minimum atomic E-state index is -2.50. The van der Waals surface area contributed by atoms with Crippen molar-refractivity contribution in [1.82, 2.24) is 15.3 Å². The molecule has 3 atom stereocenters. The Balaban J connectivity index is 1.39. The van der Waals surface area contributed by atoms with E-state index >= 15 is 0 Å². The van der Waals surface area contributed by atoms with E-state index in [2.05, 4.69) is 20.6 Å². The van der Waals surface area contributed by atoms with E-state index in [0.717, 1.165) is 0 Å². The van der Waals surface area contributed by atoms with Gasteiger partial charge in [-0.05, 0) is 35.4 Å². The van der Waals surface area contributed by atoms with Crippen molar-refractivity contribution in [3.63, 3.8) is 0 Å². The largest absolute Gasteiger partial charge is 0.485 e. The topological polar surface area (TPSA) is 99.3 Å². The Kier molecular flexibility index (Phi) is 6.53. The quantitative estimate of drug-likeness (QED) is 0.437. The number of carbonyl (C=O) groups is 1. The summed E-state index contributed by atoms with van der Waals surface area (Å²) < 4.78 is 46.1. The van der Waals surface area contributed by atoms with Gasteiger partial charge in [0.1, 0.15) is 29.5 Å². The summed E-state index contributed by atoms with van der Waals surface area (Å²) in [6.07, 6.45) is -2.48. The van der Waals surface area contributed by atoms with Crippen LogP contribution in [-0.4, -0.2) is 35.4 Å². The number of hydrogen-bond donors (Lipinski definition) is 3. The SMILES string of the molecule is O=C1CC(C(Oc2ccc(C3Nc4c(nc[nH]c4=O)N3CCC(F)F)cc2)c2cccc(F)c2)CN1. The number of rotatable bonds is 8. The Bertz CT molecular complexity index is 1300. The lowest BCUT2D eigenvalue weighted by Crippen LogP contribution is -2.30. The first-order chi connectivity index (χ1) is 17.4. The molecule has 1 aromatic heterocycles. The van der Waals surface area contributed by atoms with E-state index in [1.807, 2.05) is 0 Å². The van der Waals surface area contributed by atoms with Gasteiger partial charge >= 0.3 is 0 Å². The van der Waals surface area contributed by atoms with E-state index in [0.29, 0.717) is 29.2 Å².